The number of carbonyl (C=O) groups excluding carboxylic acids is 2. The number of nitrogens with zero attached hydrogens (tertiary/aromatic N) is 3. The maximum Gasteiger partial charge on any atom is 0.277 e. The van der Waals surface area contributed by atoms with E-state index in [-0.39, 0.29) is 34.9 Å². The highest BCUT2D eigenvalue weighted by molar-refractivity contribution is 7.13. The van der Waals surface area contributed by atoms with Crippen LogP contribution in [0.5, 0.6) is 5.88 Å². The third-order valence-electron chi connectivity index (χ3n) is 6.18. The highest BCUT2D eigenvalue weighted by atomic mass is 32.1. The number of hydrogen-bond donors (Lipinski definition) is 1. The normalized spacial score (nSPS) is 14.0. The third-order valence-corrected chi connectivity index (χ3v) is 7.06. The van der Waals surface area contributed by atoms with Crippen molar-refractivity contribution in [2.24, 2.45) is 0 Å². The van der Waals surface area contributed by atoms with Crippen LogP contribution in [0, 0.1) is 5.82 Å². The van der Waals surface area contributed by atoms with Crippen molar-refractivity contribution in [2.75, 3.05) is 25.5 Å². The van der Waals surface area contributed by atoms with E-state index in [1.807, 2.05) is 41.8 Å². The molecule has 0 atom stereocenters. The van der Waals surface area contributed by atoms with E-state index >= 15 is 0 Å². The molecule has 3 aromatic heterocycles. The lowest BCUT2D eigenvalue weighted by atomic mass is 9.89. The van der Waals surface area contributed by atoms with Crippen LogP contribution in [0.1, 0.15) is 45.2 Å². The Morgan fingerprint density at radius 2 is 1.94 bits per heavy atom. The van der Waals surface area contributed by atoms with Crippen LogP contribution in [0.25, 0.3) is 10.6 Å². The fraction of sp³-hybridized carbons (Fsp3) is 0.231. The molecule has 1 saturated heterocycles. The van der Waals surface area contributed by atoms with Crippen molar-refractivity contribution in [3.05, 3.63) is 82.7 Å². The molecular formula is C26H23FN4O4S. The molecule has 0 bridgehead atoms. The van der Waals surface area contributed by atoms with Gasteiger partial charge in [-0.15, -0.1) is 11.3 Å². The predicted molar refractivity (Wildman–Crippen MR) is 133 cm³/mol. The Bertz CT molecular complexity index is 1360. The Balaban J connectivity index is 1.16. The molecule has 4 heterocycles. The van der Waals surface area contributed by atoms with E-state index in [1.54, 1.807) is 11.0 Å². The summed E-state index contributed by atoms with van der Waals surface area (Å²) in [5.74, 6) is -0.524. The minimum absolute atomic E-state index is 0.131. The Morgan fingerprint density at radius 3 is 2.61 bits per heavy atom. The first-order valence-corrected chi connectivity index (χ1v) is 12.3. The monoisotopic (exact) mass is 506 g/mol. The van der Waals surface area contributed by atoms with Crippen molar-refractivity contribution in [3.63, 3.8) is 0 Å². The number of likely N-dealkylation sites (tertiary alicyclic amines) is 1. The van der Waals surface area contributed by atoms with Crippen molar-refractivity contribution < 1.29 is 23.2 Å². The van der Waals surface area contributed by atoms with Crippen LogP contribution in [0.2, 0.25) is 0 Å². The Morgan fingerprint density at radius 1 is 1.17 bits per heavy atom. The lowest BCUT2D eigenvalue weighted by molar-refractivity contribution is 0.0711. The number of nitrogens with one attached hydrogen (secondary N) is 1. The van der Waals surface area contributed by atoms with Gasteiger partial charge in [0.25, 0.3) is 11.8 Å². The highest BCUT2D eigenvalue weighted by Crippen LogP contribution is 2.30. The maximum atomic E-state index is 13.9. The Kier molecular flexibility index (Phi) is 6.77. The number of pyridine rings is 1. The number of ether oxygens (including phenoxy) is 1. The summed E-state index contributed by atoms with van der Waals surface area (Å²) >= 11 is 1.51. The summed E-state index contributed by atoms with van der Waals surface area (Å²) in [5.41, 5.74) is 2.22. The number of rotatable bonds is 6. The molecule has 1 aromatic carbocycles. The molecule has 0 unspecified atom stereocenters. The molecule has 4 aromatic rings. The van der Waals surface area contributed by atoms with E-state index in [0.29, 0.717) is 24.5 Å². The topological polar surface area (TPSA) is 97.6 Å². The van der Waals surface area contributed by atoms with E-state index in [2.05, 4.69) is 15.5 Å². The molecule has 10 heteroatoms. The molecule has 36 heavy (non-hydrogen) atoms. The number of carbonyl (C=O) groups is 2. The molecule has 1 N–H and O–H groups in total. The maximum absolute atomic E-state index is 13.9. The second-order valence-electron chi connectivity index (χ2n) is 8.41. The highest BCUT2D eigenvalue weighted by Gasteiger charge is 2.25. The van der Waals surface area contributed by atoms with E-state index in [4.69, 9.17) is 9.26 Å². The van der Waals surface area contributed by atoms with Crippen LogP contribution < -0.4 is 10.1 Å². The molecule has 8 nitrogen and oxygen atoms in total. The summed E-state index contributed by atoms with van der Waals surface area (Å²) in [7, 11) is 1.33. The lowest BCUT2D eigenvalue weighted by Crippen LogP contribution is -2.38. The molecule has 184 valence electrons. The summed E-state index contributed by atoms with van der Waals surface area (Å²) in [6, 6.07) is 14.3. The second-order valence-corrected chi connectivity index (χ2v) is 9.36. The van der Waals surface area contributed by atoms with Gasteiger partial charge in [-0.3, -0.25) is 9.59 Å². The van der Waals surface area contributed by atoms with Gasteiger partial charge in [0, 0.05) is 31.0 Å². The first-order chi connectivity index (χ1) is 17.5. The molecule has 1 aliphatic heterocycles. The summed E-state index contributed by atoms with van der Waals surface area (Å²) in [6.07, 6.45) is 2.91. The molecule has 0 saturated carbocycles. The third kappa shape index (κ3) is 4.99. The molecule has 0 spiro atoms. The first kappa shape index (κ1) is 23.7. The van der Waals surface area contributed by atoms with Crippen LogP contribution in [-0.2, 0) is 0 Å². The molecule has 1 aliphatic rings. The van der Waals surface area contributed by atoms with Crippen LogP contribution in [-0.4, -0.2) is 47.1 Å². The van der Waals surface area contributed by atoms with Gasteiger partial charge in [0.2, 0.25) is 5.88 Å². The zero-order valence-electron chi connectivity index (χ0n) is 19.4. The zero-order valence-corrected chi connectivity index (χ0v) is 20.3. The van der Waals surface area contributed by atoms with E-state index in [0.717, 1.165) is 29.3 Å². The summed E-state index contributed by atoms with van der Waals surface area (Å²) < 4.78 is 24.0. The van der Waals surface area contributed by atoms with Gasteiger partial charge in [0.1, 0.15) is 0 Å². The number of halogens is 1. The van der Waals surface area contributed by atoms with Gasteiger partial charge in [-0.1, -0.05) is 23.4 Å². The van der Waals surface area contributed by atoms with Gasteiger partial charge < -0.3 is 19.5 Å². The fourth-order valence-electron chi connectivity index (χ4n) is 4.24. The van der Waals surface area contributed by atoms with E-state index < -0.39 is 5.82 Å². The number of benzene rings is 1. The SMILES string of the molecule is COc1ncc(C(=O)N2CCC(c3ccc(NC(=O)c4cc(-c5cccs5)on4)cc3)CC2)cc1F. The van der Waals surface area contributed by atoms with Crippen LogP contribution in [0.15, 0.2) is 64.6 Å². The molecule has 1 fully saturated rings. The van der Waals surface area contributed by atoms with Crippen molar-refractivity contribution in [1.29, 1.82) is 0 Å². The summed E-state index contributed by atoms with van der Waals surface area (Å²) in [5, 5.41) is 8.65. The smallest absolute Gasteiger partial charge is 0.277 e. The molecule has 0 aliphatic carbocycles. The quantitative estimate of drug-likeness (QED) is 0.385. The zero-order chi connectivity index (χ0) is 25.1. The van der Waals surface area contributed by atoms with Crippen molar-refractivity contribution in [3.8, 4) is 16.5 Å². The minimum atomic E-state index is -0.656. The molecule has 0 radical (unpaired) electrons. The molecule has 5 rings (SSSR count). The number of piperidine rings is 1. The van der Waals surface area contributed by atoms with Crippen molar-refractivity contribution in [2.45, 2.75) is 18.8 Å². The number of amides is 2. The average molecular weight is 507 g/mol. The standard InChI is InChI=1S/C26H23FN4O4S/c1-34-25-20(27)13-18(15-28-25)26(33)31-10-8-17(9-11-31)16-4-6-19(7-5-16)29-24(32)21-14-22(35-30-21)23-3-2-12-36-23/h2-7,12-15,17H,8-11H2,1H3,(H,29,32). The van der Waals surface area contributed by atoms with E-state index in [1.165, 1.54) is 24.6 Å². The van der Waals surface area contributed by atoms with Gasteiger partial charge in [-0.2, -0.15) is 0 Å². The van der Waals surface area contributed by atoms with E-state index in [9.17, 15) is 14.0 Å². The number of hydrogen-bond acceptors (Lipinski definition) is 7. The number of methoxy groups -OCH3 is 1. The van der Waals surface area contributed by atoms with Crippen LogP contribution >= 0.6 is 11.3 Å². The number of aromatic nitrogens is 2. The molecule has 2 amide bonds. The summed E-state index contributed by atoms with van der Waals surface area (Å²) in [4.78, 5) is 31.8. The van der Waals surface area contributed by atoms with Crippen molar-refractivity contribution >= 4 is 28.8 Å². The minimum Gasteiger partial charge on any atom is -0.479 e. The van der Waals surface area contributed by atoms with Gasteiger partial charge in [0.15, 0.2) is 17.3 Å². The van der Waals surface area contributed by atoms with Gasteiger partial charge in [-0.25, -0.2) is 9.37 Å². The second kappa shape index (κ2) is 10.3. The number of thiophene rings is 1. The Hall–Kier alpha value is -4.05. The predicted octanol–water partition coefficient (Wildman–Crippen LogP) is 5.22. The van der Waals surface area contributed by atoms with Gasteiger partial charge in [0.05, 0.1) is 17.6 Å². The largest absolute Gasteiger partial charge is 0.479 e. The van der Waals surface area contributed by atoms with Crippen LogP contribution in [0.4, 0.5) is 10.1 Å². The fourth-order valence-corrected chi connectivity index (χ4v) is 4.92. The van der Waals surface area contributed by atoms with Gasteiger partial charge >= 0.3 is 0 Å². The van der Waals surface area contributed by atoms with Gasteiger partial charge in [-0.05, 0) is 54.0 Å². The average Bonchev–Trinajstić information content (AvgIpc) is 3.61. The number of anilines is 1. The van der Waals surface area contributed by atoms with Crippen LogP contribution in [0.3, 0.4) is 0 Å². The lowest BCUT2D eigenvalue weighted by Gasteiger charge is -2.32. The molecular weight excluding hydrogens is 483 g/mol. The summed E-state index contributed by atoms with van der Waals surface area (Å²) in [6.45, 7) is 1.13. The first-order valence-electron chi connectivity index (χ1n) is 11.4. The van der Waals surface area contributed by atoms with Crippen molar-refractivity contribution in [1.82, 2.24) is 15.0 Å². The Labute approximate surface area is 210 Å².